The molecule has 0 aliphatic heterocycles. The molecule has 178 valence electrons. The van der Waals surface area contributed by atoms with Crippen LogP contribution in [0.3, 0.4) is 0 Å². The molecule has 1 fully saturated rings. The molecule has 1 aromatic heterocycles. The van der Waals surface area contributed by atoms with Crippen molar-refractivity contribution in [2.75, 3.05) is 34.8 Å². The Bertz CT molecular complexity index is 864. The molecule has 32 heavy (non-hydrogen) atoms. The predicted octanol–water partition coefficient (Wildman–Crippen LogP) is 3.34. The Kier molecular flexibility index (Phi) is 10.6. The summed E-state index contributed by atoms with van der Waals surface area (Å²) in [6, 6.07) is 6.20. The topological polar surface area (TPSA) is 75.9 Å². The summed E-state index contributed by atoms with van der Waals surface area (Å²) in [5, 5.41) is 11.2. The number of aromatic nitrogens is 2. The molecule has 1 aliphatic rings. The largest absolute Gasteiger partial charge is 0.497 e. The molecule has 9 heteroatoms. The van der Waals surface area contributed by atoms with Crippen LogP contribution in [0.25, 0.3) is 0 Å². The summed E-state index contributed by atoms with van der Waals surface area (Å²) < 4.78 is 13.5. The van der Waals surface area contributed by atoms with Crippen LogP contribution >= 0.6 is 24.0 Å². The van der Waals surface area contributed by atoms with Gasteiger partial charge in [0.2, 0.25) is 0 Å². The second-order valence-corrected chi connectivity index (χ2v) is 8.23. The highest BCUT2D eigenvalue weighted by molar-refractivity contribution is 14.0. The van der Waals surface area contributed by atoms with Crippen LogP contribution in [0.1, 0.15) is 42.9 Å². The van der Waals surface area contributed by atoms with Crippen molar-refractivity contribution in [2.24, 2.45) is 12.0 Å². The summed E-state index contributed by atoms with van der Waals surface area (Å²) in [6.07, 6.45) is 8.97. The quantitative estimate of drug-likeness (QED) is 0.281. The number of nitrogens with one attached hydrogen (secondary N) is 2. The van der Waals surface area contributed by atoms with Crippen LogP contribution in [0, 0.1) is 0 Å². The predicted molar refractivity (Wildman–Crippen MR) is 139 cm³/mol. The van der Waals surface area contributed by atoms with E-state index in [-0.39, 0.29) is 30.0 Å². The number of hydrogen-bond acceptors (Lipinski definition) is 5. The number of aliphatic imine (C=N–C) groups is 1. The molecule has 2 N–H and O–H groups in total. The van der Waals surface area contributed by atoms with Gasteiger partial charge in [0.1, 0.15) is 11.5 Å². The Balaban J connectivity index is 0.00000363. The number of aryl methyl sites for hydroxylation is 1. The Labute approximate surface area is 208 Å². The lowest BCUT2D eigenvalue weighted by Crippen LogP contribution is -2.41. The van der Waals surface area contributed by atoms with Crippen LogP contribution in [0.15, 0.2) is 35.6 Å². The van der Waals surface area contributed by atoms with Gasteiger partial charge in [-0.15, -0.1) is 24.0 Å². The van der Waals surface area contributed by atoms with Gasteiger partial charge in [-0.25, -0.2) is 0 Å². The van der Waals surface area contributed by atoms with Gasteiger partial charge in [-0.1, -0.05) is 0 Å². The maximum absolute atomic E-state index is 6.31. The van der Waals surface area contributed by atoms with Crippen LogP contribution in [0.5, 0.6) is 11.5 Å². The summed E-state index contributed by atoms with van der Waals surface area (Å²) in [4.78, 5) is 6.56. The van der Waals surface area contributed by atoms with Crippen LogP contribution < -0.4 is 20.1 Å². The first kappa shape index (κ1) is 26.2. The second-order valence-electron chi connectivity index (χ2n) is 8.23. The van der Waals surface area contributed by atoms with Crippen molar-refractivity contribution in [3.8, 4) is 11.5 Å². The van der Waals surface area contributed by atoms with Gasteiger partial charge in [-0.3, -0.25) is 9.67 Å². The van der Waals surface area contributed by atoms with Gasteiger partial charge in [0.15, 0.2) is 5.96 Å². The number of hydrogen-bond donors (Lipinski definition) is 2. The molecule has 1 unspecified atom stereocenters. The number of benzene rings is 1. The van der Waals surface area contributed by atoms with E-state index in [9.17, 15) is 0 Å². The zero-order valence-electron chi connectivity index (χ0n) is 19.8. The van der Waals surface area contributed by atoms with Crippen LogP contribution in [0.2, 0.25) is 0 Å². The van der Waals surface area contributed by atoms with E-state index in [0.717, 1.165) is 41.4 Å². The van der Waals surface area contributed by atoms with E-state index in [4.69, 9.17) is 9.47 Å². The molecule has 0 bridgehead atoms. The van der Waals surface area contributed by atoms with Crippen molar-refractivity contribution < 1.29 is 9.47 Å². The molecular weight excluding hydrogens is 519 g/mol. The van der Waals surface area contributed by atoms with Crippen molar-refractivity contribution in [2.45, 2.75) is 44.4 Å². The van der Waals surface area contributed by atoms with E-state index in [1.54, 1.807) is 14.2 Å². The average molecular weight is 556 g/mol. The number of ether oxygens (including phenoxy) is 2. The van der Waals surface area contributed by atoms with Crippen molar-refractivity contribution in [3.05, 3.63) is 41.7 Å². The summed E-state index contributed by atoms with van der Waals surface area (Å²) in [7, 11) is 9.54. The van der Waals surface area contributed by atoms with Crippen molar-refractivity contribution >= 4 is 29.9 Å². The lowest BCUT2D eigenvalue weighted by atomic mass is 10.1. The van der Waals surface area contributed by atoms with E-state index in [1.165, 1.54) is 12.8 Å². The van der Waals surface area contributed by atoms with Gasteiger partial charge < -0.3 is 25.0 Å². The van der Waals surface area contributed by atoms with Gasteiger partial charge in [-0.2, -0.15) is 5.10 Å². The van der Waals surface area contributed by atoms with E-state index in [2.05, 4.69) is 45.8 Å². The molecular formula is C23H37IN6O2. The third-order valence-corrected chi connectivity index (χ3v) is 5.74. The fourth-order valence-electron chi connectivity index (χ4n) is 3.91. The fourth-order valence-corrected chi connectivity index (χ4v) is 3.91. The van der Waals surface area contributed by atoms with E-state index < -0.39 is 0 Å². The number of rotatable bonds is 9. The zero-order chi connectivity index (χ0) is 22.2. The van der Waals surface area contributed by atoms with Gasteiger partial charge in [-0.05, 0) is 51.9 Å². The molecule has 3 rings (SSSR count). The Morgan fingerprint density at radius 2 is 2.03 bits per heavy atom. The number of likely N-dealkylation sites (N-methyl/N-ethyl adjacent to an activating group) is 1. The smallest absolute Gasteiger partial charge is 0.191 e. The highest BCUT2D eigenvalue weighted by Crippen LogP contribution is 2.30. The fraction of sp³-hybridized carbons (Fsp3) is 0.565. The summed E-state index contributed by atoms with van der Waals surface area (Å²) >= 11 is 0. The van der Waals surface area contributed by atoms with Crippen LogP contribution in [-0.4, -0.2) is 61.5 Å². The highest BCUT2D eigenvalue weighted by Gasteiger charge is 2.19. The monoisotopic (exact) mass is 556 g/mol. The lowest BCUT2D eigenvalue weighted by molar-refractivity contribution is 0.207. The SMILES string of the molecule is CN=C(NCc1ccc(OC)cc1OC1CCCC1)NCC(c1cnn(C)c1)N(C)C.I. The molecule has 0 radical (unpaired) electrons. The maximum Gasteiger partial charge on any atom is 0.191 e. The number of nitrogens with zero attached hydrogens (tertiary/aromatic N) is 4. The molecule has 8 nitrogen and oxygen atoms in total. The average Bonchev–Trinajstić information content (AvgIpc) is 3.42. The lowest BCUT2D eigenvalue weighted by Gasteiger charge is -2.25. The number of halogens is 1. The van der Waals surface area contributed by atoms with Crippen LogP contribution in [0.4, 0.5) is 0 Å². The highest BCUT2D eigenvalue weighted by atomic mass is 127. The molecule has 0 spiro atoms. The molecule has 1 atom stereocenters. The summed E-state index contributed by atoms with van der Waals surface area (Å²) in [5.41, 5.74) is 2.25. The second kappa shape index (κ2) is 12.9. The minimum Gasteiger partial charge on any atom is -0.497 e. The van der Waals surface area contributed by atoms with Crippen molar-refractivity contribution in [1.29, 1.82) is 0 Å². The minimum absolute atomic E-state index is 0. The summed E-state index contributed by atoms with van der Waals surface area (Å²) in [5.74, 6) is 2.44. The van der Waals surface area contributed by atoms with Crippen molar-refractivity contribution in [1.82, 2.24) is 25.3 Å². The Morgan fingerprint density at radius 1 is 1.28 bits per heavy atom. The third-order valence-electron chi connectivity index (χ3n) is 5.74. The van der Waals surface area contributed by atoms with Crippen LogP contribution in [-0.2, 0) is 13.6 Å². The van der Waals surface area contributed by atoms with E-state index in [1.807, 2.05) is 36.3 Å². The number of guanidine groups is 1. The Hall–Kier alpha value is -2.01. The molecule has 1 heterocycles. The normalized spacial score (nSPS) is 15.4. The Morgan fingerprint density at radius 3 is 2.62 bits per heavy atom. The van der Waals surface area contributed by atoms with Gasteiger partial charge in [0.25, 0.3) is 0 Å². The molecule has 1 aromatic carbocycles. The third kappa shape index (κ3) is 7.26. The van der Waals surface area contributed by atoms with Gasteiger partial charge in [0, 0.05) is 50.6 Å². The number of methoxy groups -OCH3 is 1. The standard InChI is InChI=1S/C23H36N6O2.HI/c1-24-23(26-15-21(28(2)3)18-14-27-29(4)16-18)25-13-17-10-11-20(30-5)12-22(17)31-19-8-6-7-9-19;/h10-12,14,16,19,21H,6-9,13,15H2,1-5H3,(H2,24,25,26);1H. The molecule has 1 aliphatic carbocycles. The minimum atomic E-state index is 0. The first-order valence-electron chi connectivity index (χ1n) is 10.9. The van der Waals surface area contributed by atoms with E-state index in [0.29, 0.717) is 19.2 Å². The molecule has 1 saturated carbocycles. The molecule has 2 aromatic rings. The van der Waals surface area contributed by atoms with E-state index >= 15 is 0 Å². The van der Waals surface area contributed by atoms with Gasteiger partial charge in [0.05, 0.1) is 25.5 Å². The molecule has 0 amide bonds. The zero-order valence-corrected chi connectivity index (χ0v) is 22.1. The summed E-state index contributed by atoms with van der Waals surface area (Å²) in [6.45, 7) is 1.33. The maximum atomic E-state index is 6.31. The molecule has 0 saturated heterocycles. The first-order chi connectivity index (χ1) is 15.0. The van der Waals surface area contributed by atoms with Crippen molar-refractivity contribution in [3.63, 3.8) is 0 Å². The van der Waals surface area contributed by atoms with Gasteiger partial charge >= 0.3 is 0 Å². The first-order valence-corrected chi connectivity index (χ1v) is 10.9.